The summed E-state index contributed by atoms with van der Waals surface area (Å²) in [6.07, 6.45) is 0.755. The van der Waals surface area contributed by atoms with Gasteiger partial charge in [-0.15, -0.1) is 0 Å². The normalized spacial score (nSPS) is 12.5. The van der Waals surface area contributed by atoms with Crippen LogP contribution in [-0.4, -0.2) is 15.1 Å². The van der Waals surface area contributed by atoms with Gasteiger partial charge in [0.05, 0.1) is 5.69 Å². The number of aliphatic hydroxyl groups excluding tert-OH is 1. The van der Waals surface area contributed by atoms with Crippen LogP contribution in [0.1, 0.15) is 54.2 Å². The van der Waals surface area contributed by atoms with Crippen LogP contribution >= 0.6 is 0 Å². The molecule has 0 fully saturated rings. The van der Waals surface area contributed by atoms with Crippen molar-refractivity contribution < 1.29 is 5.11 Å². The number of rotatable bonds is 6. The predicted molar refractivity (Wildman–Crippen MR) is 97.0 cm³/mol. The third-order valence-electron chi connectivity index (χ3n) is 4.19. The molecular weight excluding hydrogens is 296 g/mol. The van der Waals surface area contributed by atoms with Crippen molar-refractivity contribution in [2.45, 2.75) is 38.7 Å². The molecule has 0 saturated carbocycles. The highest BCUT2D eigenvalue weighted by Gasteiger charge is 2.18. The van der Waals surface area contributed by atoms with E-state index in [0.29, 0.717) is 18.2 Å². The maximum absolute atomic E-state index is 10.6. The number of nitrogens with one attached hydrogen (secondary N) is 1. The molecule has 124 valence electrons. The zero-order valence-corrected chi connectivity index (χ0v) is 14.2. The highest BCUT2D eigenvalue weighted by atomic mass is 16.3. The third kappa shape index (κ3) is 3.92. The summed E-state index contributed by atoms with van der Waals surface area (Å²) >= 11 is 0. The maximum Gasteiger partial charge on any atom is 0.135 e. The van der Waals surface area contributed by atoms with Gasteiger partial charge in [0.1, 0.15) is 11.9 Å². The van der Waals surface area contributed by atoms with E-state index in [1.807, 2.05) is 48.5 Å². The van der Waals surface area contributed by atoms with Crippen molar-refractivity contribution in [1.29, 1.82) is 0 Å². The average Bonchev–Trinajstić information content (AvgIpc) is 3.01. The molecule has 0 amide bonds. The highest BCUT2D eigenvalue weighted by molar-refractivity contribution is 5.28. The summed E-state index contributed by atoms with van der Waals surface area (Å²) in [4.78, 5) is 8.07. The molecular formula is C21H24N2O. The van der Waals surface area contributed by atoms with Gasteiger partial charge in [-0.05, 0) is 17.0 Å². The second-order valence-corrected chi connectivity index (χ2v) is 6.51. The lowest BCUT2D eigenvalue weighted by Crippen LogP contribution is -2.04. The average molecular weight is 320 g/mol. The molecule has 1 unspecified atom stereocenters. The van der Waals surface area contributed by atoms with Gasteiger partial charge in [0.2, 0.25) is 0 Å². The van der Waals surface area contributed by atoms with Crippen molar-refractivity contribution in [2.75, 3.05) is 0 Å². The summed E-state index contributed by atoms with van der Waals surface area (Å²) in [5, 5.41) is 10.6. The van der Waals surface area contributed by atoms with E-state index in [1.54, 1.807) is 0 Å². The van der Waals surface area contributed by atoms with Crippen molar-refractivity contribution in [3.8, 4) is 0 Å². The minimum atomic E-state index is -0.616. The molecule has 0 spiro atoms. The summed E-state index contributed by atoms with van der Waals surface area (Å²) in [6.45, 7) is 4.27. The van der Waals surface area contributed by atoms with Gasteiger partial charge in [-0.25, -0.2) is 4.98 Å². The predicted octanol–water partition coefficient (Wildman–Crippen LogP) is 4.40. The smallest absolute Gasteiger partial charge is 0.135 e. The number of hydrogen-bond acceptors (Lipinski definition) is 2. The van der Waals surface area contributed by atoms with Crippen molar-refractivity contribution in [3.05, 3.63) is 89.0 Å². The number of benzene rings is 2. The molecule has 1 aromatic heterocycles. The van der Waals surface area contributed by atoms with Crippen LogP contribution in [0.15, 0.2) is 60.7 Å². The summed E-state index contributed by atoms with van der Waals surface area (Å²) in [6, 6.07) is 20.4. The fraction of sp³-hybridized carbons (Fsp3) is 0.286. The molecule has 0 aliphatic heterocycles. The van der Waals surface area contributed by atoms with Crippen molar-refractivity contribution in [1.82, 2.24) is 9.97 Å². The first-order valence-corrected chi connectivity index (χ1v) is 8.48. The van der Waals surface area contributed by atoms with Crippen LogP contribution in [0, 0.1) is 0 Å². The van der Waals surface area contributed by atoms with Crippen LogP contribution in [0.5, 0.6) is 0 Å². The Kier molecular flexibility index (Phi) is 5.11. The fourth-order valence-corrected chi connectivity index (χ4v) is 2.95. The molecule has 0 aliphatic rings. The molecule has 0 bridgehead atoms. The van der Waals surface area contributed by atoms with Gasteiger partial charge in [-0.2, -0.15) is 0 Å². The Morgan fingerprint density at radius 1 is 0.917 bits per heavy atom. The van der Waals surface area contributed by atoms with Crippen LogP contribution in [0.4, 0.5) is 0 Å². The Morgan fingerprint density at radius 3 is 2.08 bits per heavy atom. The van der Waals surface area contributed by atoms with Gasteiger partial charge in [0.15, 0.2) is 0 Å². The molecule has 3 heteroatoms. The fourth-order valence-electron chi connectivity index (χ4n) is 2.95. The molecule has 0 saturated heterocycles. The van der Waals surface area contributed by atoms with Crippen molar-refractivity contribution >= 4 is 0 Å². The summed E-state index contributed by atoms with van der Waals surface area (Å²) in [7, 11) is 0. The number of aromatic amines is 1. The van der Waals surface area contributed by atoms with E-state index < -0.39 is 6.10 Å². The second-order valence-electron chi connectivity index (χ2n) is 6.51. The van der Waals surface area contributed by atoms with Crippen LogP contribution in [0.3, 0.4) is 0 Å². The quantitative estimate of drug-likeness (QED) is 0.707. The number of aromatic nitrogens is 2. The monoisotopic (exact) mass is 320 g/mol. The summed E-state index contributed by atoms with van der Waals surface area (Å²) in [5.41, 5.74) is 4.49. The van der Waals surface area contributed by atoms with Crippen LogP contribution in [0.2, 0.25) is 0 Å². The lowest BCUT2D eigenvalue weighted by atomic mass is 10.0. The molecule has 0 radical (unpaired) electrons. The number of aliphatic hydroxyl groups is 1. The molecule has 1 heterocycles. The Balaban J connectivity index is 1.82. The van der Waals surface area contributed by atoms with Crippen molar-refractivity contribution in [2.24, 2.45) is 0 Å². The second kappa shape index (κ2) is 7.45. The first-order chi connectivity index (χ1) is 11.6. The molecule has 0 aliphatic carbocycles. The molecule has 1 atom stereocenters. The molecule has 24 heavy (non-hydrogen) atoms. The first-order valence-electron chi connectivity index (χ1n) is 8.48. The van der Waals surface area contributed by atoms with Gasteiger partial charge in [-0.3, -0.25) is 0 Å². The van der Waals surface area contributed by atoms with Crippen LogP contribution in [0.25, 0.3) is 0 Å². The third-order valence-corrected chi connectivity index (χ3v) is 4.19. The molecule has 3 rings (SSSR count). The molecule has 2 N–H and O–H groups in total. The zero-order chi connectivity index (χ0) is 16.9. The topological polar surface area (TPSA) is 48.9 Å². The van der Waals surface area contributed by atoms with E-state index in [9.17, 15) is 5.11 Å². The van der Waals surface area contributed by atoms with Gasteiger partial charge in [0, 0.05) is 18.5 Å². The van der Waals surface area contributed by atoms with E-state index >= 15 is 0 Å². The van der Waals surface area contributed by atoms with Gasteiger partial charge < -0.3 is 10.1 Å². The van der Waals surface area contributed by atoms with E-state index in [-0.39, 0.29) is 0 Å². The molecule has 3 aromatic rings. The van der Waals surface area contributed by atoms with E-state index in [2.05, 4.69) is 31.0 Å². The van der Waals surface area contributed by atoms with Gasteiger partial charge in [0.25, 0.3) is 0 Å². The molecule has 3 nitrogen and oxygen atoms in total. The maximum atomic E-state index is 10.6. The summed E-state index contributed by atoms with van der Waals surface area (Å²) < 4.78 is 0. The standard InChI is InChI=1S/C21H24N2O/c1-15(2)20-18(13-16-9-5-3-6-10-16)22-21(23-20)19(24)14-17-11-7-4-8-12-17/h3-12,15,19,24H,13-14H2,1-2H3,(H,22,23). The SMILES string of the molecule is CC(C)c1nc(C(O)Cc2ccccc2)[nH]c1Cc1ccccc1. The van der Waals surface area contributed by atoms with Crippen LogP contribution < -0.4 is 0 Å². The van der Waals surface area contributed by atoms with Gasteiger partial charge >= 0.3 is 0 Å². The number of hydrogen-bond donors (Lipinski definition) is 2. The number of nitrogens with zero attached hydrogens (tertiary/aromatic N) is 1. The zero-order valence-electron chi connectivity index (χ0n) is 14.2. The Hall–Kier alpha value is -2.39. The van der Waals surface area contributed by atoms with Crippen LogP contribution in [-0.2, 0) is 12.8 Å². The summed E-state index contributed by atoms with van der Waals surface area (Å²) in [5.74, 6) is 0.978. The van der Waals surface area contributed by atoms with Gasteiger partial charge in [-0.1, -0.05) is 74.5 Å². The van der Waals surface area contributed by atoms with E-state index in [1.165, 1.54) is 5.56 Å². The number of H-pyrrole nitrogens is 1. The number of imidazole rings is 1. The van der Waals surface area contributed by atoms with E-state index in [0.717, 1.165) is 23.4 Å². The minimum Gasteiger partial charge on any atom is -0.385 e. The minimum absolute atomic E-state index is 0.317. The Morgan fingerprint density at radius 2 is 1.50 bits per heavy atom. The Bertz CT molecular complexity index is 763. The Labute approximate surface area is 143 Å². The highest BCUT2D eigenvalue weighted by Crippen LogP contribution is 2.24. The van der Waals surface area contributed by atoms with E-state index in [4.69, 9.17) is 4.98 Å². The lowest BCUT2D eigenvalue weighted by Gasteiger charge is -2.07. The largest absolute Gasteiger partial charge is 0.385 e. The lowest BCUT2D eigenvalue weighted by molar-refractivity contribution is 0.169. The molecule has 2 aromatic carbocycles. The first kappa shape index (κ1) is 16.5. The van der Waals surface area contributed by atoms with Crippen molar-refractivity contribution in [3.63, 3.8) is 0 Å².